The van der Waals surface area contributed by atoms with Gasteiger partial charge in [0, 0.05) is 32.9 Å². The molecule has 1 fully saturated rings. The lowest BCUT2D eigenvalue weighted by Crippen LogP contribution is -2.38. The molecule has 1 aliphatic rings. The Hall–Kier alpha value is -2.30. The molecule has 0 atom stereocenters. The van der Waals surface area contributed by atoms with Gasteiger partial charge in [0.2, 0.25) is 0 Å². The van der Waals surface area contributed by atoms with Crippen molar-refractivity contribution < 1.29 is 22.7 Å². The molecule has 0 aromatic carbocycles. The molecule has 22 heavy (non-hydrogen) atoms. The van der Waals surface area contributed by atoms with Gasteiger partial charge in [-0.3, -0.25) is 4.79 Å². The quantitative estimate of drug-likeness (QED) is 0.785. The average molecular weight is 313 g/mol. The fourth-order valence-electron chi connectivity index (χ4n) is 2.35. The molecule has 118 valence electrons. The van der Waals surface area contributed by atoms with Crippen LogP contribution >= 0.6 is 0 Å². The van der Waals surface area contributed by atoms with Crippen LogP contribution in [-0.2, 0) is 15.7 Å². The molecule has 2 rings (SSSR count). The Morgan fingerprint density at radius 3 is 2.55 bits per heavy atom. The Bertz CT molecular complexity index is 602. The topological polar surface area (TPSA) is 66.2 Å². The van der Waals surface area contributed by atoms with Gasteiger partial charge in [-0.1, -0.05) is 0 Å². The monoisotopic (exact) mass is 313 g/mol. The molecule has 1 saturated heterocycles. The van der Waals surface area contributed by atoms with E-state index in [0.717, 1.165) is 12.1 Å². The molecular weight excluding hydrogens is 299 g/mol. The summed E-state index contributed by atoms with van der Waals surface area (Å²) in [6, 6.07) is 3.79. The largest absolute Gasteiger partial charge is 0.462 e. The van der Waals surface area contributed by atoms with Crippen molar-refractivity contribution in [2.45, 2.75) is 32.0 Å². The van der Waals surface area contributed by atoms with Gasteiger partial charge in [0.15, 0.2) is 0 Å². The second-order valence-corrected chi connectivity index (χ2v) is 4.97. The summed E-state index contributed by atoms with van der Waals surface area (Å²) in [6.45, 7) is 2.07. The highest BCUT2D eigenvalue weighted by Crippen LogP contribution is 2.31. The lowest BCUT2D eigenvalue weighted by molar-refractivity contribution is -0.147. The van der Waals surface area contributed by atoms with Crippen molar-refractivity contribution in [3.8, 4) is 6.07 Å². The lowest BCUT2D eigenvalue weighted by Gasteiger charge is -2.32. The highest BCUT2D eigenvalue weighted by molar-refractivity contribution is 5.66. The summed E-state index contributed by atoms with van der Waals surface area (Å²) in [5, 5.41) is 9.05. The van der Waals surface area contributed by atoms with Crippen molar-refractivity contribution in [1.82, 2.24) is 4.98 Å². The fourth-order valence-corrected chi connectivity index (χ4v) is 2.35. The molecule has 0 unspecified atom stereocenters. The first-order valence-electron chi connectivity index (χ1n) is 6.71. The Balaban J connectivity index is 2.19. The summed E-state index contributed by atoms with van der Waals surface area (Å²) in [5.41, 5.74) is -0.928. The van der Waals surface area contributed by atoms with Crippen LogP contribution < -0.4 is 4.90 Å². The third-order valence-electron chi connectivity index (χ3n) is 3.36. The first kappa shape index (κ1) is 16.1. The minimum absolute atomic E-state index is 0.0265. The molecule has 0 radical (unpaired) electrons. The van der Waals surface area contributed by atoms with E-state index in [2.05, 4.69) is 4.98 Å². The number of alkyl halides is 3. The number of hydrogen-bond donors (Lipinski definition) is 0. The lowest BCUT2D eigenvalue weighted by atomic mass is 10.1. The van der Waals surface area contributed by atoms with E-state index in [1.54, 1.807) is 4.90 Å². The molecule has 1 aromatic rings. The molecule has 0 N–H and O–H groups in total. The summed E-state index contributed by atoms with van der Waals surface area (Å²) >= 11 is 0. The van der Waals surface area contributed by atoms with Gasteiger partial charge in [0.25, 0.3) is 0 Å². The van der Waals surface area contributed by atoms with Crippen LogP contribution in [-0.4, -0.2) is 30.1 Å². The van der Waals surface area contributed by atoms with Gasteiger partial charge in [-0.2, -0.15) is 18.4 Å². The van der Waals surface area contributed by atoms with Gasteiger partial charge in [0.05, 0.1) is 5.56 Å². The predicted molar refractivity (Wildman–Crippen MR) is 71.0 cm³/mol. The highest BCUT2D eigenvalue weighted by Gasteiger charge is 2.34. The zero-order valence-corrected chi connectivity index (χ0v) is 11.9. The molecule has 5 nitrogen and oxygen atoms in total. The van der Waals surface area contributed by atoms with E-state index in [4.69, 9.17) is 10.00 Å². The number of piperidine rings is 1. The number of anilines is 1. The third-order valence-corrected chi connectivity index (χ3v) is 3.36. The number of hydrogen-bond acceptors (Lipinski definition) is 5. The molecule has 0 aliphatic carbocycles. The van der Waals surface area contributed by atoms with E-state index in [0.29, 0.717) is 25.9 Å². The van der Waals surface area contributed by atoms with Gasteiger partial charge < -0.3 is 9.64 Å². The van der Waals surface area contributed by atoms with Crippen LogP contribution in [0.15, 0.2) is 12.1 Å². The zero-order valence-electron chi connectivity index (χ0n) is 11.9. The average Bonchev–Trinajstić information content (AvgIpc) is 2.46. The summed E-state index contributed by atoms with van der Waals surface area (Å²) < 4.78 is 43.3. The number of aromatic nitrogens is 1. The zero-order chi connectivity index (χ0) is 16.3. The third kappa shape index (κ3) is 3.67. The highest BCUT2D eigenvalue weighted by atomic mass is 19.4. The Morgan fingerprint density at radius 1 is 1.41 bits per heavy atom. The van der Waals surface area contributed by atoms with Crippen molar-refractivity contribution in [3.05, 3.63) is 23.4 Å². The summed E-state index contributed by atoms with van der Waals surface area (Å²) in [6.07, 6.45) is -3.83. The Kier molecular flexibility index (Phi) is 4.54. The fraction of sp³-hybridized carbons (Fsp3) is 0.500. The number of halogens is 3. The van der Waals surface area contributed by atoms with E-state index in [9.17, 15) is 18.0 Å². The number of rotatable bonds is 2. The number of nitrogens with zero attached hydrogens (tertiary/aromatic N) is 3. The van der Waals surface area contributed by atoms with Crippen molar-refractivity contribution in [2.24, 2.45) is 0 Å². The first-order chi connectivity index (χ1) is 10.3. The van der Waals surface area contributed by atoms with Gasteiger partial charge in [0.1, 0.15) is 23.7 Å². The van der Waals surface area contributed by atoms with Crippen LogP contribution in [0.2, 0.25) is 0 Å². The van der Waals surface area contributed by atoms with Crippen LogP contribution in [0.3, 0.4) is 0 Å². The molecule has 1 aromatic heterocycles. The Labute approximate surface area is 125 Å². The van der Waals surface area contributed by atoms with Gasteiger partial charge in [-0.15, -0.1) is 0 Å². The van der Waals surface area contributed by atoms with Gasteiger partial charge in [-0.25, -0.2) is 4.98 Å². The van der Waals surface area contributed by atoms with E-state index in [-0.39, 0.29) is 23.5 Å². The second-order valence-electron chi connectivity index (χ2n) is 4.97. The van der Waals surface area contributed by atoms with E-state index >= 15 is 0 Å². The Morgan fingerprint density at radius 2 is 2.05 bits per heavy atom. The normalized spacial score (nSPS) is 16.2. The molecular formula is C14H14F3N3O2. The maximum absolute atomic E-state index is 12.8. The maximum Gasteiger partial charge on any atom is 0.433 e. The van der Waals surface area contributed by atoms with Gasteiger partial charge >= 0.3 is 12.1 Å². The minimum atomic E-state index is -4.56. The molecule has 0 saturated carbocycles. The van der Waals surface area contributed by atoms with Crippen LogP contribution in [0.1, 0.15) is 31.0 Å². The van der Waals surface area contributed by atoms with E-state index < -0.39 is 11.9 Å². The van der Waals surface area contributed by atoms with Crippen molar-refractivity contribution >= 4 is 11.8 Å². The van der Waals surface area contributed by atoms with Crippen molar-refractivity contribution in [3.63, 3.8) is 0 Å². The summed E-state index contributed by atoms with van der Waals surface area (Å²) in [5.74, 6) is -0.355. The van der Waals surface area contributed by atoms with Crippen molar-refractivity contribution in [2.75, 3.05) is 18.0 Å². The smallest absolute Gasteiger partial charge is 0.433 e. The molecule has 0 amide bonds. The van der Waals surface area contributed by atoms with Crippen molar-refractivity contribution in [1.29, 1.82) is 5.26 Å². The molecule has 0 bridgehead atoms. The number of carbonyl (C=O) groups is 1. The molecule has 1 aliphatic heterocycles. The minimum Gasteiger partial charge on any atom is -0.462 e. The predicted octanol–water partition coefficient (Wildman–Crippen LogP) is 2.50. The molecule has 2 heterocycles. The second kappa shape index (κ2) is 6.22. The van der Waals surface area contributed by atoms with Crippen LogP contribution in [0.5, 0.6) is 0 Å². The van der Waals surface area contributed by atoms with Crippen LogP contribution in [0.4, 0.5) is 19.0 Å². The van der Waals surface area contributed by atoms with Crippen LogP contribution in [0, 0.1) is 11.3 Å². The van der Waals surface area contributed by atoms with Crippen LogP contribution in [0.25, 0.3) is 0 Å². The number of carbonyl (C=O) groups excluding carboxylic acids is 1. The van der Waals surface area contributed by atoms with E-state index in [1.807, 2.05) is 6.07 Å². The molecule has 8 heteroatoms. The number of pyridine rings is 1. The summed E-state index contributed by atoms with van der Waals surface area (Å²) in [7, 11) is 0. The van der Waals surface area contributed by atoms with E-state index in [1.165, 1.54) is 6.92 Å². The number of ether oxygens (including phenoxy) is 1. The SMILES string of the molecule is CC(=O)OC1CCN(c2nc(C(F)(F)F)ccc2C#N)CC1. The standard InChI is InChI=1S/C14H14F3N3O2/c1-9(21)22-11-4-6-20(7-5-11)13-10(8-18)2-3-12(19-13)14(15,16)17/h2-3,11H,4-7H2,1H3. The number of esters is 1. The number of nitriles is 1. The molecule has 0 spiro atoms. The summed E-state index contributed by atoms with van der Waals surface area (Å²) in [4.78, 5) is 16.1. The van der Waals surface area contributed by atoms with Gasteiger partial charge in [-0.05, 0) is 12.1 Å². The first-order valence-corrected chi connectivity index (χ1v) is 6.71. The maximum atomic E-state index is 12.8.